The number of hydrogen-bond acceptors (Lipinski definition) is 3. The smallest absolute Gasteiger partial charge is 0.220 e. The number of carbonyl (C=O) groups excluding carboxylic acids is 1. The summed E-state index contributed by atoms with van der Waals surface area (Å²) in [5, 5.41) is 6.11. The minimum atomic E-state index is -0.163. The monoisotopic (exact) mass is 248 g/mol. The molecule has 2 N–H and O–H groups in total. The van der Waals surface area contributed by atoms with Crippen LogP contribution in [0.15, 0.2) is 24.3 Å². The van der Waals surface area contributed by atoms with E-state index in [2.05, 4.69) is 16.7 Å². The SMILES string of the molecule is CNCC1(c2ccccc2OC)CCNC(=O)C1. The van der Waals surface area contributed by atoms with Crippen molar-refractivity contribution >= 4 is 5.91 Å². The molecule has 1 saturated heterocycles. The predicted octanol–water partition coefficient (Wildman–Crippen LogP) is 1.06. The number of para-hydroxylation sites is 1. The van der Waals surface area contributed by atoms with Crippen molar-refractivity contribution in [1.29, 1.82) is 0 Å². The number of methoxy groups -OCH3 is 1. The van der Waals surface area contributed by atoms with E-state index in [0.29, 0.717) is 6.42 Å². The van der Waals surface area contributed by atoms with Gasteiger partial charge in [0.25, 0.3) is 0 Å². The van der Waals surface area contributed by atoms with Gasteiger partial charge in [0.2, 0.25) is 5.91 Å². The van der Waals surface area contributed by atoms with Gasteiger partial charge in [0.15, 0.2) is 0 Å². The first-order chi connectivity index (χ1) is 8.72. The van der Waals surface area contributed by atoms with Gasteiger partial charge in [0.05, 0.1) is 7.11 Å². The molecule has 1 fully saturated rings. The van der Waals surface area contributed by atoms with Crippen molar-refractivity contribution in [3.05, 3.63) is 29.8 Å². The van der Waals surface area contributed by atoms with Gasteiger partial charge in [-0.2, -0.15) is 0 Å². The fourth-order valence-corrected chi connectivity index (χ4v) is 2.80. The van der Waals surface area contributed by atoms with E-state index in [9.17, 15) is 4.79 Å². The highest BCUT2D eigenvalue weighted by molar-refractivity contribution is 5.79. The minimum absolute atomic E-state index is 0.113. The van der Waals surface area contributed by atoms with Gasteiger partial charge in [0, 0.05) is 30.5 Å². The molecule has 2 rings (SSSR count). The van der Waals surface area contributed by atoms with Crippen molar-refractivity contribution in [2.24, 2.45) is 0 Å². The van der Waals surface area contributed by atoms with E-state index >= 15 is 0 Å². The van der Waals surface area contributed by atoms with Crippen LogP contribution in [0.4, 0.5) is 0 Å². The number of carbonyl (C=O) groups is 1. The van der Waals surface area contributed by atoms with Crippen LogP contribution in [0.3, 0.4) is 0 Å². The van der Waals surface area contributed by atoms with Gasteiger partial charge in [0.1, 0.15) is 5.75 Å². The second kappa shape index (κ2) is 5.40. The first-order valence-corrected chi connectivity index (χ1v) is 6.27. The second-order valence-corrected chi connectivity index (χ2v) is 4.79. The van der Waals surface area contributed by atoms with Crippen LogP contribution in [0.25, 0.3) is 0 Å². The standard InChI is InChI=1S/C14H20N2O2/c1-15-10-14(7-8-16-13(17)9-14)11-5-3-4-6-12(11)18-2/h3-6,15H,7-10H2,1-2H3,(H,16,17). The summed E-state index contributed by atoms with van der Waals surface area (Å²) in [5.41, 5.74) is 0.959. The van der Waals surface area contributed by atoms with E-state index in [-0.39, 0.29) is 11.3 Å². The van der Waals surface area contributed by atoms with Gasteiger partial charge in [-0.3, -0.25) is 4.79 Å². The number of ether oxygens (including phenoxy) is 1. The molecule has 1 unspecified atom stereocenters. The molecule has 1 amide bonds. The van der Waals surface area contributed by atoms with Crippen LogP contribution < -0.4 is 15.4 Å². The average Bonchev–Trinajstić information content (AvgIpc) is 2.39. The Bertz CT molecular complexity index is 430. The number of rotatable bonds is 4. The van der Waals surface area contributed by atoms with E-state index in [4.69, 9.17) is 4.74 Å². The normalized spacial score (nSPS) is 23.6. The molecule has 1 aliphatic rings. The summed E-state index contributed by atoms with van der Waals surface area (Å²) in [6, 6.07) is 7.98. The molecule has 1 heterocycles. The molecular formula is C14H20N2O2. The lowest BCUT2D eigenvalue weighted by Gasteiger charge is -2.38. The Kier molecular flexibility index (Phi) is 3.87. The van der Waals surface area contributed by atoms with Crippen LogP contribution in [0.1, 0.15) is 18.4 Å². The lowest BCUT2D eigenvalue weighted by atomic mass is 9.72. The molecule has 4 nitrogen and oxygen atoms in total. The zero-order valence-corrected chi connectivity index (χ0v) is 11.0. The van der Waals surface area contributed by atoms with Gasteiger partial charge < -0.3 is 15.4 Å². The summed E-state index contributed by atoms with van der Waals surface area (Å²) >= 11 is 0. The molecular weight excluding hydrogens is 228 g/mol. The molecule has 1 aromatic rings. The summed E-state index contributed by atoms with van der Waals surface area (Å²) in [7, 11) is 3.60. The van der Waals surface area contributed by atoms with Crippen LogP contribution in [-0.2, 0) is 10.2 Å². The Morgan fingerprint density at radius 2 is 2.22 bits per heavy atom. The Labute approximate surface area is 108 Å². The van der Waals surface area contributed by atoms with Crippen LogP contribution in [0.2, 0.25) is 0 Å². The van der Waals surface area contributed by atoms with Crippen molar-refractivity contribution in [2.75, 3.05) is 27.2 Å². The molecule has 1 atom stereocenters. The highest BCUT2D eigenvalue weighted by Gasteiger charge is 2.38. The predicted molar refractivity (Wildman–Crippen MR) is 70.8 cm³/mol. The van der Waals surface area contributed by atoms with Crippen LogP contribution in [0.5, 0.6) is 5.75 Å². The van der Waals surface area contributed by atoms with Crippen LogP contribution in [0, 0.1) is 0 Å². The number of amides is 1. The third-order valence-corrected chi connectivity index (χ3v) is 3.62. The van der Waals surface area contributed by atoms with Crippen molar-refractivity contribution in [3.63, 3.8) is 0 Å². The van der Waals surface area contributed by atoms with Gasteiger partial charge in [-0.15, -0.1) is 0 Å². The van der Waals surface area contributed by atoms with Crippen molar-refractivity contribution < 1.29 is 9.53 Å². The van der Waals surface area contributed by atoms with Crippen LogP contribution >= 0.6 is 0 Å². The fourth-order valence-electron chi connectivity index (χ4n) is 2.80. The van der Waals surface area contributed by atoms with Gasteiger partial charge >= 0.3 is 0 Å². The molecule has 0 saturated carbocycles. The number of likely N-dealkylation sites (N-methyl/N-ethyl adjacent to an activating group) is 1. The Hall–Kier alpha value is -1.55. The Morgan fingerprint density at radius 3 is 2.89 bits per heavy atom. The fraction of sp³-hybridized carbons (Fsp3) is 0.500. The zero-order valence-electron chi connectivity index (χ0n) is 11.0. The first kappa shape index (κ1) is 12.9. The average molecular weight is 248 g/mol. The van der Waals surface area contributed by atoms with Crippen LogP contribution in [-0.4, -0.2) is 33.2 Å². The quantitative estimate of drug-likeness (QED) is 0.838. The second-order valence-electron chi connectivity index (χ2n) is 4.79. The Morgan fingerprint density at radius 1 is 1.44 bits per heavy atom. The molecule has 98 valence electrons. The minimum Gasteiger partial charge on any atom is -0.496 e. The molecule has 0 bridgehead atoms. The number of nitrogens with one attached hydrogen (secondary N) is 2. The lowest BCUT2D eigenvalue weighted by Crippen LogP contribution is -2.48. The summed E-state index contributed by atoms with van der Waals surface area (Å²) in [4.78, 5) is 11.7. The number of hydrogen-bond donors (Lipinski definition) is 2. The van der Waals surface area contributed by atoms with E-state index in [1.54, 1.807) is 7.11 Å². The summed E-state index contributed by atoms with van der Waals surface area (Å²) in [6.07, 6.45) is 1.44. The lowest BCUT2D eigenvalue weighted by molar-refractivity contribution is -0.124. The van der Waals surface area contributed by atoms with Crippen molar-refractivity contribution in [3.8, 4) is 5.75 Å². The van der Waals surface area contributed by atoms with Gasteiger partial charge in [-0.05, 0) is 19.5 Å². The topological polar surface area (TPSA) is 50.4 Å². The molecule has 4 heteroatoms. The highest BCUT2D eigenvalue weighted by atomic mass is 16.5. The van der Waals surface area contributed by atoms with E-state index in [0.717, 1.165) is 30.8 Å². The molecule has 0 aromatic heterocycles. The third kappa shape index (κ3) is 2.34. The van der Waals surface area contributed by atoms with Crippen molar-refractivity contribution in [2.45, 2.75) is 18.3 Å². The van der Waals surface area contributed by atoms with Gasteiger partial charge in [-0.25, -0.2) is 0 Å². The highest BCUT2D eigenvalue weighted by Crippen LogP contribution is 2.38. The van der Waals surface area contributed by atoms with Crippen molar-refractivity contribution in [1.82, 2.24) is 10.6 Å². The summed E-state index contributed by atoms with van der Waals surface area (Å²) in [6.45, 7) is 1.50. The maximum absolute atomic E-state index is 11.7. The zero-order chi connectivity index (χ0) is 13.0. The van der Waals surface area contributed by atoms with Gasteiger partial charge in [-0.1, -0.05) is 18.2 Å². The first-order valence-electron chi connectivity index (χ1n) is 6.27. The molecule has 0 spiro atoms. The molecule has 1 aromatic carbocycles. The maximum Gasteiger partial charge on any atom is 0.220 e. The largest absolute Gasteiger partial charge is 0.496 e. The Balaban J connectivity index is 2.42. The van der Waals surface area contributed by atoms with E-state index in [1.165, 1.54) is 0 Å². The number of benzene rings is 1. The number of piperidine rings is 1. The molecule has 1 aliphatic heterocycles. The van der Waals surface area contributed by atoms with E-state index in [1.807, 2.05) is 25.2 Å². The molecule has 0 aliphatic carbocycles. The van der Waals surface area contributed by atoms with E-state index < -0.39 is 0 Å². The summed E-state index contributed by atoms with van der Waals surface area (Å²) < 4.78 is 5.45. The summed E-state index contributed by atoms with van der Waals surface area (Å²) in [5.74, 6) is 0.977. The maximum atomic E-state index is 11.7. The third-order valence-electron chi connectivity index (χ3n) is 3.62. The molecule has 0 radical (unpaired) electrons. The molecule has 18 heavy (non-hydrogen) atoms.